The fourth-order valence-electron chi connectivity index (χ4n) is 4.87. The molecule has 4 heteroatoms. The van der Waals surface area contributed by atoms with Gasteiger partial charge in [0.05, 0.1) is 11.2 Å². The smallest absolute Gasteiger partial charge is 0.377 e. The zero-order valence-electron chi connectivity index (χ0n) is 22.4. The maximum Gasteiger partial charge on any atom is 0.501 e. The van der Waals surface area contributed by atoms with Crippen molar-refractivity contribution in [1.29, 1.82) is 0 Å². The van der Waals surface area contributed by atoms with Gasteiger partial charge in [0.15, 0.2) is 0 Å². The Morgan fingerprint density at radius 3 is 1.53 bits per heavy atom. The van der Waals surface area contributed by atoms with Crippen molar-refractivity contribution >= 4 is 8.80 Å². The third-order valence-electron chi connectivity index (χ3n) is 6.88. The van der Waals surface area contributed by atoms with E-state index < -0.39 is 8.80 Å². The summed E-state index contributed by atoms with van der Waals surface area (Å²) in [6.45, 7) is 20.6. The van der Waals surface area contributed by atoms with Gasteiger partial charge in [0.1, 0.15) is 0 Å². The molecule has 0 saturated heterocycles. The maximum absolute atomic E-state index is 7.30. The Morgan fingerprint density at radius 2 is 1.17 bits per heavy atom. The average molecular weight is 445 g/mol. The number of hydrogen-bond donors (Lipinski definition) is 0. The largest absolute Gasteiger partial charge is 0.501 e. The Labute approximate surface area is 191 Å². The summed E-state index contributed by atoms with van der Waals surface area (Å²) in [6.07, 6.45) is 13.3. The van der Waals surface area contributed by atoms with Gasteiger partial charge in [-0.3, -0.25) is 0 Å². The molecule has 2 atom stereocenters. The van der Waals surface area contributed by atoms with Crippen molar-refractivity contribution in [2.75, 3.05) is 7.11 Å². The zero-order chi connectivity index (χ0) is 23.3. The first-order chi connectivity index (χ1) is 14.1. The molecule has 2 unspecified atom stereocenters. The lowest BCUT2D eigenvalue weighted by Gasteiger charge is -2.51. The molecule has 0 aliphatic carbocycles. The van der Waals surface area contributed by atoms with Crippen molar-refractivity contribution in [3.05, 3.63) is 0 Å². The Morgan fingerprint density at radius 1 is 0.633 bits per heavy atom. The second-order valence-electron chi connectivity index (χ2n) is 10.3. The first-order valence-electron chi connectivity index (χ1n) is 13.0. The molecule has 0 amide bonds. The molecule has 0 rings (SSSR count). The Bertz CT molecular complexity index is 428. The van der Waals surface area contributed by atoms with Crippen LogP contribution in [0.5, 0.6) is 0 Å². The van der Waals surface area contributed by atoms with Gasteiger partial charge in [0, 0.05) is 13.2 Å². The van der Waals surface area contributed by atoms with Crippen molar-refractivity contribution in [2.45, 2.75) is 157 Å². The molecule has 0 N–H and O–H groups in total. The molecule has 3 nitrogen and oxygen atoms in total. The van der Waals surface area contributed by atoms with E-state index in [0.717, 1.165) is 70.3 Å². The van der Waals surface area contributed by atoms with Crippen LogP contribution in [0.3, 0.4) is 0 Å². The number of rotatable bonds is 18. The standard InChI is InChI=1S/C26H56O3Si/c1-11-17-22-25(16-6,19-13-3)28-30(27-10,23-18-12-2)29-26(20-14-4,21-15-5)24(7,8)9/h11-23H2,1-10H3. The second-order valence-corrected chi connectivity index (χ2v) is 13.0. The lowest BCUT2D eigenvalue weighted by molar-refractivity contribution is -0.126. The van der Waals surface area contributed by atoms with E-state index >= 15 is 0 Å². The van der Waals surface area contributed by atoms with E-state index in [1.165, 1.54) is 12.8 Å². The highest BCUT2D eigenvalue weighted by Crippen LogP contribution is 2.46. The number of unbranched alkanes of at least 4 members (excludes halogenated alkanes) is 2. The van der Waals surface area contributed by atoms with Gasteiger partial charge in [0.2, 0.25) is 0 Å². The van der Waals surface area contributed by atoms with Crippen LogP contribution in [0.1, 0.15) is 139 Å². The minimum Gasteiger partial charge on any atom is -0.377 e. The molecule has 0 fully saturated rings. The summed E-state index contributed by atoms with van der Waals surface area (Å²) in [4.78, 5) is 0. The second kappa shape index (κ2) is 14.3. The lowest BCUT2D eigenvalue weighted by atomic mass is 9.71. The first kappa shape index (κ1) is 30.1. The van der Waals surface area contributed by atoms with Crippen LogP contribution in [0.2, 0.25) is 6.04 Å². The predicted octanol–water partition coefficient (Wildman–Crippen LogP) is 8.93. The van der Waals surface area contributed by atoms with Crippen LogP contribution in [0.25, 0.3) is 0 Å². The predicted molar refractivity (Wildman–Crippen MR) is 134 cm³/mol. The zero-order valence-corrected chi connectivity index (χ0v) is 23.4. The van der Waals surface area contributed by atoms with Crippen LogP contribution in [-0.2, 0) is 13.3 Å². The molecule has 182 valence electrons. The van der Waals surface area contributed by atoms with Gasteiger partial charge in [-0.25, -0.2) is 0 Å². The van der Waals surface area contributed by atoms with Crippen LogP contribution in [0.4, 0.5) is 0 Å². The highest BCUT2D eigenvalue weighted by atomic mass is 28.4. The summed E-state index contributed by atoms with van der Waals surface area (Å²) in [7, 11) is -1.01. The van der Waals surface area contributed by atoms with Crippen molar-refractivity contribution in [1.82, 2.24) is 0 Å². The third kappa shape index (κ3) is 8.56. The minimum atomic E-state index is -2.85. The molecular formula is C26H56O3Si. The van der Waals surface area contributed by atoms with Gasteiger partial charge in [0.25, 0.3) is 0 Å². The molecule has 0 aliphatic heterocycles. The van der Waals surface area contributed by atoms with Crippen LogP contribution in [0, 0.1) is 5.41 Å². The van der Waals surface area contributed by atoms with Crippen LogP contribution in [0.15, 0.2) is 0 Å². The Balaban J connectivity index is 6.30. The van der Waals surface area contributed by atoms with Crippen molar-refractivity contribution < 1.29 is 13.3 Å². The van der Waals surface area contributed by atoms with Crippen LogP contribution in [-0.4, -0.2) is 27.1 Å². The topological polar surface area (TPSA) is 27.7 Å². The molecule has 0 spiro atoms. The van der Waals surface area contributed by atoms with E-state index in [4.69, 9.17) is 13.3 Å². The molecular weight excluding hydrogens is 388 g/mol. The molecule has 0 aromatic rings. The van der Waals surface area contributed by atoms with Gasteiger partial charge < -0.3 is 13.3 Å². The van der Waals surface area contributed by atoms with Gasteiger partial charge in [-0.15, -0.1) is 0 Å². The molecule has 0 radical (unpaired) electrons. The normalized spacial score (nSPS) is 17.0. The Kier molecular flexibility index (Phi) is 14.3. The number of hydrogen-bond acceptors (Lipinski definition) is 3. The van der Waals surface area contributed by atoms with E-state index in [1.807, 2.05) is 7.11 Å². The van der Waals surface area contributed by atoms with Crippen LogP contribution < -0.4 is 0 Å². The van der Waals surface area contributed by atoms with E-state index in [0.29, 0.717) is 0 Å². The van der Waals surface area contributed by atoms with Gasteiger partial charge >= 0.3 is 8.80 Å². The van der Waals surface area contributed by atoms with Crippen molar-refractivity contribution in [3.63, 3.8) is 0 Å². The van der Waals surface area contributed by atoms with Crippen molar-refractivity contribution in [2.24, 2.45) is 5.41 Å². The van der Waals surface area contributed by atoms with E-state index in [9.17, 15) is 0 Å². The summed E-state index contributed by atoms with van der Waals surface area (Å²) in [5.41, 5.74) is -0.292. The molecule has 0 aliphatic rings. The molecule has 0 aromatic carbocycles. The molecule has 0 heterocycles. The van der Waals surface area contributed by atoms with E-state index in [-0.39, 0.29) is 16.6 Å². The molecule has 30 heavy (non-hydrogen) atoms. The van der Waals surface area contributed by atoms with E-state index in [2.05, 4.69) is 62.3 Å². The molecule has 0 aromatic heterocycles. The fraction of sp³-hybridized carbons (Fsp3) is 1.00. The monoisotopic (exact) mass is 444 g/mol. The van der Waals surface area contributed by atoms with Crippen LogP contribution >= 0.6 is 0 Å². The fourth-order valence-corrected chi connectivity index (χ4v) is 8.39. The van der Waals surface area contributed by atoms with Gasteiger partial charge in [-0.05, 0) is 43.9 Å². The summed E-state index contributed by atoms with van der Waals surface area (Å²) in [6, 6.07) is 0.919. The Hall–Kier alpha value is 0.0969. The lowest BCUT2D eigenvalue weighted by Crippen LogP contribution is -2.60. The highest BCUT2D eigenvalue weighted by molar-refractivity contribution is 6.61. The molecule has 0 bridgehead atoms. The van der Waals surface area contributed by atoms with Gasteiger partial charge in [-0.1, -0.05) is 101 Å². The van der Waals surface area contributed by atoms with Crippen molar-refractivity contribution in [3.8, 4) is 0 Å². The molecule has 0 saturated carbocycles. The summed E-state index contributed by atoms with van der Waals surface area (Å²) in [5, 5.41) is 0. The van der Waals surface area contributed by atoms with Gasteiger partial charge in [-0.2, -0.15) is 0 Å². The average Bonchev–Trinajstić information content (AvgIpc) is 2.70. The first-order valence-corrected chi connectivity index (χ1v) is 15.0. The summed E-state index contributed by atoms with van der Waals surface area (Å²) >= 11 is 0. The minimum absolute atomic E-state index is 0.0361. The van der Waals surface area contributed by atoms with E-state index in [1.54, 1.807) is 0 Å². The summed E-state index contributed by atoms with van der Waals surface area (Å²) < 4.78 is 20.9. The quantitative estimate of drug-likeness (QED) is 0.197. The summed E-state index contributed by atoms with van der Waals surface area (Å²) in [5.74, 6) is 0. The third-order valence-corrected chi connectivity index (χ3v) is 9.91. The highest BCUT2D eigenvalue weighted by Gasteiger charge is 2.54. The SMILES string of the molecule is CCCCC(CC)(CCC)O[Si](CCCC)(OC)OC(CCC)(CCC)C(C)(C)C. The maximum atomic E-state index is 7.30.